The summed E-state index contributed by atoms with van der Waals surface area (Å²) in [5, 5.41) is 0.752. The van der Waals surface area contributed by atoms with Crippen LogP contribution in [0.1, 0.15) is 18.3 Å². The summed E-state index contributed by atoms with van der Waals surface area (Å²) < 4.78 is 33.7. The van der Waals surface area contributed by atoms with Crippen molar-refractivity contribution in [2.24, 2.45) is 0 Å². The predicted molar refractivity (Wildman–Crippen MR) is 95.2 cm³/mol. The van der Waals surface area contributed by atoms with Crippen molar-refractivity contribution in [3.63, 3.8) is 0 Å². The number of anilines is 1. The normalized spacial score (nSPS) is 11.5. The number of benzene rings is 1. The Labute approximate surface area is 146 Å². The molecule has 0 saturated carbocycles. The first-order chi connectivity index (χ1) is 11.9. The molecule has 2 aromatic heterocycles. The van der Waals surface area contributed by atoms with Crippen LogP contribution in [-0.2, 0) is 10.0 Å². The fourth-order valence-electron chi connectivity index (χ4n) is 2.51. The van der Waals surface area contributed by atoms with Gasteiger partial charge in [0, 0.05) is 11.6 Å². The lowest BCUT2D eigenvalue weighted by Crippen LogP contribution is -2.17. The second-order valence-electron chi connectivity index (χ2n) is 5.42. The van der Waals surface area contributed by atoms with Gasteiger partial charge >= 0.3 is 6.01 Å². The minimum Gasteiger partial charge on any atom is -0.464 e. The van der Waals surface area contributed by atoms with Crippen molar-refractivity contribution < 1.29 is 13.2 Å². The number of pyridine rings is 1. The van der Waals surface area contributed by atoms with Gasteiger partial charge in [0.1, 0.15) is 4.90 Å². The van der Waals surface area contributed by atoms with Gasteiger partial charge in [-0.3, -0.25) is 9.71 Å². The number of fused-ring (bicyclic) bond motifs is 1. The number of rotatable bonds is 5. The number of aryl methyl sites for hydroxylation is 2. The Morgan fingerprint density at radius 1 is 1.08 bits per heavy atom. The zero-order chi connectivity index (χ0) is 18.0. The molecule has 0 unspecified atom stereocenters. The number of nitrogens with zero attached hydrogens (tertiary/aromatic N) is 3. The third-order valence-electron chi connectivity index (χ3n) is 3.65. The van der Waals surface area contributed by atoms with Crippen LogP contribution < -0.4 is 9.46 Å². The summed E-state index contributed by atoms with van der Waals surface area (Å²) in [4.78, 5) is 12.7. The van der Waals surface area contributed by atoms with E-state index in [0.717, 1.165) is 5.39 Å². The van der Waals surface area contributed by atoms with Crippen molar-refractivity contribution in [3.05, 3.63) is 47.9 Å². The number of nitrogens with one attached hydrogen (secondary N) is 1. The lowest BCUT2D eigenvalue weighted by molar-refractivity contribution is 0.311. The molecule has 0 aliphatic heterocycles. The minimum absolute atomic E-state index is 0.110. The zero-order valence-corrected chi connectivity index (χ0v) is 15.0. The van der Waals surface area contributed by atoms with Gasteiger partial charge in [0.15, 0.2) is 0 Å². The van der Waals surface area contributed by atoms with Crippen LogP contribution in [0.2, 0.25) is 0 Å². The number of hydrogen-bond acceptors (Lipinski definition) is 6. The first-order valence-corrected chi connectivity index (χ1v) is 9.25. The molecule has 8 heteroatoms. The molecular formula is C17H18N4O3S. The van der Waals surface area contributed by atoms with E-state index in [4.69, 9.17) is 4.74 Å². The molecule has 0 saturated heterocycles. The number of sulfonamides is 1. The Morgan fingerprint density at radius 2 is 1.76 bits per heavy atom. The summed E-state index contributed by atoms with van der Waals surface area (Å²) in [6.45, 7) is 5.68. The van der Waals surface area contributed by atoms with E-state index in [-0.39, 0.29) is 10.9 Å². The highest BCUT2D eigenvalue weighted by Gasteiger charge is 2.21. The summed E-state index contributed by atoms with van der Waals surface area (Å²) >= 11 is 0. The maximum atomic E-state index is 12.9. The average Bonchev–Trinajstić information content (AvgIpc) is 2.58. The first kappa shape index (κ1) is 17.1. The SMILES string of the molecule is CCOc1nc(C)c(NS(=O)(=O)c2cccc3cccnc23)c(C)n1. The minimum atomic E-state index is -3.84. The smallest absolute Gasteiger partial charge is 0.316 e. The maximum Gasteiger partial charge on any atom is 0.316 e. The van der Waals surface area contributed by atoms with Gasteiger partial charge in [-0.15, -0.1) is 0 Å². The van der Waals surface area contributed by atoms with Crippen LogP contribution in [-0.4, -0.2) is 30.0 Å². The summed E-state index contributed by atoms with van der Waals surface area (Å²) in [5.41, 5.74) is 1.75. The predicted octanol–water partition coefficient (Wildman–Crippen LogP) is 2.84. The van der Waals surface area contributed by atoms with Crippen molar-refractivity contribution in [2.45, 2.75) is 25.7 Å². The molecule has 3 aromatic rings. The fraction of sp³-hybridized carbons (Fsp3) is 0.235. The lowest BCUT2D eigenvalue weighted by Gasteiger charge is -2.14. The molecule has 0 radical (unpaired) electrons. The Bertz CT molecular complexity index is 1010. The molecule has 25 heavy (non-hydrogen) atoms. The highest BCUT2D eigenvalue weighted by atomic mass is 32.2. The lowest BCUT2D eigenvalue weighted by atomic mass is 10.2. The van der Waals surface area contributed by atoms with Crippen LogP contribution in [0.15, 0.2) is 41.4 Å². The molecule has 0 atom stereocenters. The van der Waals surface area contributed by atoms with Gasteiger partial charge in [-0.2, -0.15) is 9.97 Å². The molecule has 0 aliphatic carbocycles. The summed E-state index contributed by atoms with van der Waals surface area (Å²) in [6.07, 6.45) is 1.57. The number of hydrogen-bond donors (Lipinski definition) is 1. The summed E-state index contributed by atoms with van der Waals surface area (Å²) in [6, 6.07) is 8.84. The molecule has 0 amide bonds. The van der Waals surface area contributed by atoms with Gasteiger partial charge in [-0.25, -0.2) is 8.42 Å². The van der Waals surface area contributed by atoms with Crippen LogP contribution in [0.25, 0.3) is 10.9 Å². The first-order valence-electron chi connectivity index (χ1n) is 7.77. The van der Waals surface area contributed by atoms with Crippen molar-refractivity contribution in [3.8, 4) is 6.01 Å². The van der Waals surface area contributed by atoms with Crippen LogP contribution in [0.5, 0.6) is 6.01 Å². The summed E-state index contributed by atoms with van der Waals surface area (Å²) in [5.74, 6) is 0. The van der Waals surface area contributed by atoms with Gasteiger partial charge in [-0.1, -0.05) is 18.2 Å². The molecule has 0 fully saturated rings. The Hall–Kier alpha value is -2.74. The van der Waals surface area contributed by atoms with E-state index >= 15 is 0 Å². The van der Waals surface area contributed by atoms with Gasteiger partial charge in [0.05, 0.1) is 29.2 Å². The standard InChI is InChI=1S/C17H18N4O3S/c1-4-24-17-19-11(2)15(12(3)20-17)21-25(22,23)14-9-5-7-13-8-6-10-18-16(13)14/h5-10,21H,4H2,1-3H3. The van der Waals surface area contributed by atoms with E-state index in [0.29, 0.717) is 29.2 Å². The second-order valence-corrected chi connectivity index (χ2v) is 7.07. The van der Waals surface area contributed by atoms with Gasteiger partial charge in [0.25, 0.3) is 10.0 Å². The van der Waals surface area contributed by atoms with Crippen LogP contribution >= 0.6 is 0 Å². The summed E-state index contributed by atoms with van der Waals surface area (Å²) in [7, 11) is -3.84. The Kier molecular flexibility index (Phi) is 4.54. The molecule has 130 valence electrons. The van der Waals surface area contributed by atoms with Gasteiger partial charge in [0.2, 0.25) is 0 Å². The van der Waals surface area contributed by atoms with Crippen molar-refractivity contribution in [1.29, 1.82) is 0 Å². The van der Waals surface area contributed by atoms with Crippen molar-refractivity contribution in [2.75, 3.05) is 11.3 Å². The van der Waals surface area contributed by atoms with E-state index in [1.54, 1.807) is 32.2 Å². The van der Waals surface area contributed by atoms with Gasteiger partial charge in [-0.05, 0) is 32.9 Å². The van der Waals surface area contributed by atoms with Gasteiger partial charge < -0.3 is 4.74 Å². The van der Waals surface area contributed by atoms with Crippen molar-refractivity contribution in [1.82, 2.24) is 15.0 Å². The molecule has 0 bridgehead atoms. The van der Waals surface area contributed by atoms with E-state index in [1.807, 2.05) is 19.1 Å². The Morgan fingerprint density at radius 3 is 2.44 bits per heavy atom. The van der Waals surface area contributed by atoms with Crippen LogP contribution in [0.4, 0.5) is 5.69 Å². The molecule has 2 heterocycles. The van der Waals surface area contributed by atoms with Crippen LogP contribution in [0.3, 0.4) is 0 Å². The quantitative estimate of drug-likeness (QED) is 0.754. The maximum absolute atomic E-state index is 12.9. The fourth-order valence-corrected chi connectivity index (χ4v) is 3.87. The third-order valence-corrected chi connectivity index (χ3v) is 5.03. The Balaban J connectivity index is 2.05. The molecule has 1 aromatic carbocycles. The molecule has 1 N–H and O–H groups in total. The number of ether oxygens (including phenoxy) is 1. The second kappa shape index (κ2) is 6.64. The molecule has 0 aliphatic rings. The zero-order valence-electron chi connectivity index (χ0n) is 14.1. The molecule has 3 rings (SSSR count). The van der Waals surface area contributed by atoms with E-state index in [9.17, 15) is 8.42 Å². The third kappa shape index (κ3) is 3.39. The molecule has 0 spiro atoms. The molecule has 7 nitrogen and oxygen atoms in total. The largest absolute Gasteiger partial charge is 0.464 e. The topological polar surface area (TPSA) is 94.1 Å². The number of aromatic nitrogens is 3. The number of para-hydroxylation sites is 1. The highest BCUT2D eigenvalue weighted by Crippen LogP contribution is 2.26. The van der Waals surface area contributed by atoms with Crippen molar-refractivity contribution >= 4 is 26.6 Å². The van der Waals surface area contributed by atoms with Crippen LogP contribution in [0, 0.1) is 13.8 Å². The highest BCUT2D eigenvalue weighted by molar-refractivity contribution is 7.93. The average molecular weight is 358 g/mol. The van der Waals surface area contributed by atoms with E-state index < -0.39 is 10.0 Å². The van der Waals surface area contributed by atoms with E-state index in [1.165, 1.54) is 6.07 Å². The van der Waals surface area contributed by atoms with E-state index in [2.05, 4.69) is 19.7 Å². The molecular weight excluding hydrogens is 340 g/mol. The monoisotopic (exact) mass is 358 g/mol.